The highest BCUT2D eigenvalue weighted by Crippen LogP contribution is 2.45. The third kappa shape index (κ3) is 5.61. The number of aliphatic hydroxyl groups is 1. The third-order valence-corrected chi connectivity index (χ3v) is 8.35. The minimum absolute atomic E-state index is 0.0717. The number of hydrogen-bond acceptors (Lipinski definition) is 6. The van der Waals surface area contributed by atoms with Crippen molar-refractivity contribution in [2.75, 3.05) is 13.2 Å². The van der Waals surface area contributed by atoms with Crippen LogP contribution in [0.1, 0.15) is 47.2 Å². The number of fused-ring (bicyclic) bond motifs is 3. The highest BCUT2D eigenvalue weighted by atomic mass is 79.9. The number of hydrogen-bond donors (Lipinski definition) is 3. The first-order chi connectivity index (χ1) is 21.0. The number of benzene rings is 4. The summed E-state index contributed by atoms with van der Waals surface area (Å²) in [4.78, 5) is 19.3. The summed E-state index contributed by atoms with van der Waals surface area (Å²) in [7, 11) is 0. The molecule has 1 heterocycles. The van der Waals surface area contributed by atoms with Gasteiger partial charge in [-0.1, -0.05) is 82.7 Å². The van der Waals surface area contributed by atoms with Crippen molar-refractivity contribution < 1.29 is 19.4 Å². The molecule has 0 radical (unpaired) electrons. The first-order valence-electron chi connectivity index (χ1n) is 14.3. The van der Waals surface area contributed by atoms with Crippen molar-refractivity contribution >= 4 is 27.7 Å². The van der Waals surface area contributed by atoms with E-state index in [4.69, 9.17) is 19.6 Å². The molecule has 0 aromatic heterocycles. The van der Waals surface area contributed by atoms with Gasteiger partial charge in [-0.3, -0.25) is 10.2 Å². The second-order valence-corrected chi connectivity index (χ2v) is 11.5. The highest BCUT2D eigenvalue weighted by Gasteiger charge is 2.52. The van der Waals surface area contributed by atoms with Gasteiger partial charge in [0, 0.05) is 29.5 Å². The minimum atomic E-state index is -1.31. The van der Waals surface area contributed by atoms with Gasteiger partial charge in [0.2, 0.25) is 5.90 Å². The predicted octanol–water partition coefficient (Wildman–Crippen LogP) is 6.43. The van der Waals surface area contributed by atoms with Crippen LogP contribution in [0.3, 0.4) is 0 Å². The van der Waals surface area contributed by atoms with Crippen LogP contribution in [-0.4, -0.2) is 35.7 Å². The molecule has 2 atom stereocenters. The summed E-state index contributed by atoms with van der Waals surface area (Å²) in [6.07, 6.45) is 1.82. The highest BCUT2D eigenvalue weighted by molar-refractivity contribution is 9.10. The summed E-state index contributed by atoms with van der Waals surface area (Å²) in [6, 6.07) is 31.3. The smallest absolute Gasteiger partial charge is 0.266 e. The number of halogens is 1. The number of hydrazine groups is 1. The van der Waals surface area contributed by atoms with Crippen molar-refractivity contribution in [3.8, 4) is 16.9 Å². The molecule has 0 bridgehead atoms. The third-order valence-electron chi connectivity index (χ3n) is 7.82. The molecule has 2 aliphatic rings. The molecular formula is C35H32BrN3O4. The van der Waals surface area contributed by atoms with Crippen molar-refractivity contribution in [1.82, 2.24) is 10.9 Å². The monoisotopic (exact) mass is 637 g/mol. The Hall–Kier alpha value is -4.24. The number of amides is 1. The zero-order chi connectivity index (χ0) is 29.8. The molecule has 1 aliphatic carbocycles. The number of ether oxygens (including phenoxy) is 2. The lowest BCUT2D eigenvalue weighted by atomic mass is 9.84. The predicted molar refractivity (Wildman–Crippen MR) is 171 cm³/mol. The fourth-order valence-corrected chi connectivity index (χ4v) is 5.99. The van der Waals surface area contributed by atoms with Crippen LogP contribution in [0.15, 0.2) is 119 Å². The van der Waals surface area contributed by atoms with Gasteiger partial charge in [0.05, 0.1) is 12.6 Å². The minimum Gasteiger partial charge on any atom is -0.494 e. The molecule has 0 saturated carbocycles. The number of rotatable bonds is 11. The molecule has 0 fully saturated rings. The Balaban J connectivity index is 1.32. The van der Waals surface area contributed by atoms with Gasteiger partial charge >= 0.3 is 0 Å². The molecule has 8 heteroatoms. The average Bonchev–Trinajstić information content (AvgIpc) is 3.58. The fraction of sp³-hybridized carbons (Fsp3) is 0.200. The Kier molecular flexibility index (Phi) is 8.42. The van der Waals surface area contributed by atoms with Crippen molar-refractivity contribution in [2.24, 2.45) is 4.99 Å². The molecule has 1 amide bonds. The molecule has 4 aromatic carbocycles. The molecule has 7 nitrogen and oxygen atoms in total. The number of nitrogens with one attached hydrogen (secondary N) is 2. The Labute approximate surface area is 259 Å². The molecule has 1 aliphatic heterocycles. The molecule has 3 N–H and O–H groups in total. The second-order valence-electron chi connectivity index (χ2n) is 10.5. The Morgan fingerprint density at radius 1 is 0.977 bits per heavy atom. The van der Waals surface area contributed by atoms with Gasteiger partial charge in [-0.25, -0.2) is 10.4 Å². The molecule has 0 spiro atoms. The van der Waals surface area contributed by atoms with Crippen LogP contribution in [0.4, 0.5) is 0 Å². The maximum atomic E-state index is 14.3. The standard InChI is InChI=1S/C35H32BrN3O4/c1-2-20-35(34(41)39-38-31-29-10-5-3-8-27(29)28-9-4-6-11-30(28)31)32(23-12-16-25(36)17-13-23)43-33(37-35)24-14-18-26(19-15-24)42-22-7-21-40/h2-6,8-19,31-32,38,40H,1,7,20-22H2,(H,39,41)/t32-,35-/m0/s1. The molecule has 0 saturated heterocycles. The van der Waals surface area contributed by atoms with E-state index in [0.717, 1.165) is 37.9 Å². The van der Waals surface area contributed by atoms with E-state index in [-0.39, 0.29) is 25.0 Å². The summed E-state index contributed by atoms with van der Waals surface area (Å²) in [6.45, 7) is 4.46. The van der Waals surface area contributed by atoms with E-state index >= 15 is 0 Å². The van der Waals surface area contributed by atoms with Crippen molar-refractivity contribution in [1.29, 1.82) is 0 Å². The molecular weight excluding hydrogens is 606 g/mol. The van der Waals surface area contributed by atoms with E-state index in [1.54, 1.807) is 6.08 Å². The summed E-state index contributed by atoms with van der Waals surface area (Å²) in [5, 5.41) is 9.03. The summed E-state index contributed by atoms with van der Waals surface area (Å²) in [5.41, 5.74) is 11.1. The fourth-order valence-electron chi connectivity index (χ4n) is 5.73. The van der Waals surface area contributed by atoms with Crippen molar-refractivity contribution in [3.63, 3.8) is 0 Å². The number of carbonyl (C=O) groups is 1. The van der Waals surface area contributed by atoms with E-state index in [9.17, 15) is 4.79 Å². The first-order valence-corrected chi connectivity index (χ1v) is 15.0. The van der Waals surface area contributed by atoms with Gasteiger partial charge in [-0.15, -0.1) is 6.58 Å². The summed E-state index contributed by atoms with van der Waals surface area (Å²) in [5.74, 6) is 0.723. The molecule has 218 valence electrons. The number of carbonyl (C=O) groups excluding carboxylic acids is 1. The topological polar surface area (TPSA) is 92.2 Å². The van der Waals surface area contributed by atoms with E-state index in [2.05, 4.69) is 57.6 Å². The van der Waals surface area contributed by atoms with Crippen LogP contribution in [0.2, 0.25) is 0 Å². The maximum absolute atomic E-state index is 14.3. The quantitative estimate of drug-likeness (QED) is 0.100. The molecule has 4 aromatic rings. The lowest BCUT2D eigenvalue weighted by molar-refractivity contribution is -0.130. The Morgan fingerprint density at radius 3 is 2.26 bits per heavy atom. The van der Waals surface area contributed by atoms with E-state index in [1.165, 1.54) is 0 Å². The van der Waals surface area contributed by atoms with Gasteiger partial charge in [-0.2, -0.15) is 0 Å². The van der Waals surface area contributed by atoms with E-state index in [0.29, 0.717) is 24.7 Å². The van der Waals surface area contributed by atoms with Gasteiger partial charge < -0.3 is 14.6 Å². The zero-order valence-electron chi connectivity index (χ0n) is 23.5. The van der Waals surface area contributed by atoms with Crippen LogP contribution in [0.5, 0.6) is 5.75 Å². The summed E-state index contributed by atoms with van der Waals surface area (Å²) < 4.78 is 13.1. The lowest BCUT2D eigenvalue weighted by Gasteiger charge is -2.30. The second kappa shape index (κ2) is 12.6. The van der Waals surface area contributed by atoms with Crippen LogP contribution in [-0.2, 0) is 9.53 Å². The Bertz CT molecular complexity index is 1610. The van der Waals surface area contributed by atoms with E-state index < -0.39 is 11.6 Å². The molecule has 0 unspecified atom stereocenters. The zero-order valence-corrected chi connectivity index (χ0v) is 25.1. The van der Waals surface area contributed by atoms with Crippen molar-refractivity contribution in [2.45, 2.75) is 30.5 Å². The molecule has 6 rings (SSSR count). The first kappa shape index (κ1) is 28.9. The average molecular weight is 639 g/mol. The van der Waals surface area contributed by atoms with Crippen LogP contribution < -0.4 is 15.6 Å². The SMILES string of the molecule is C=CC[C@]1(C(=O)NNC2c3ccccc3-c3ccccc32)N=C(c2ccc(OCCCO)cc2)O[C@H]1c1ccc(Br)cc1. The van der Waals surface area contributed by atoms with Gasteiger partial charge in [0.1, 0.15) is 5.75 Å². The van der Waals surface area contributed by atoms with Crippen LogP contribution >= 0.6 is 15.9 Å². The van der Waals surface area contributed by atoms with Crippen molar-refractivity contribution in [3.05, 3.63) is 136 Å². The normalized spacial score (nSPS) is 18.7. The number of aliphatic imine (C=N–C) groups is 1. The maximum Gasteiger partial charge on any atom is 0.266 e. The molecule has 43 heavy (non-hydrogen) atoms. The van der Waals surface area contributed by atoms with Gasteiger partial charge in [0.15, 0.2) is 11.6 Å². The van der Waals surface area contributed by atoms with Crippen LogP contribution in [0, 0.1) is 0 Å². The van der Waals surface area contributed by atoms with E-state index in [1.807, 2.05) is 72.8 Å². The number of aliphatic hydroxyl groups excluding tert-OH is 1. The van der Waals surface area contributed by atoms with Gasteiger partial charge in [0.25, 0.3) is 5.91 Å². The van der Waals surface area contributed by atoms with Crippen LogP contribution in [0.25, 0.3) is 11.1 Å². The van der Waals surface area contributed by atoms with Gasteiger partial charge in [-0.05, 0) is 64.2 Å². The lowest BCUT2D eigenvalue weighted by Crippen LogP contribution is -2.53. The number of nitrogens with zero attached hydrogens (tertiary/aromatic N) is 1. The Morgan fingerprint density at radius 2 is 1.63 bits per heavy atom. The summed E-state index contributed by atoms with van der Waals surface area (Å²) >= 11 is 3.51. The largest absolute Gasteiger partial charge is 0.494 e.